The molecule has 98 valence electrons. The lowest BCUT2D eigenvalue weighted by Gasteiger charge is -2.13. The SMILES string of the molecule is COC(=O)NC(C)C(=O)NCc1ccnc(C)c1. The van der Waals surface area contributed by atoms with Crippen molar-refractivity contribution >= 4 is 12.0 Å². The van der Waals surface area contributed by atoms with Gasteiger partial charge in [-0.3, -0.25) is 9.78 Å². The van der Waals surface area contributed by atoms with E-state index in [4.69, 9.17) is 0 Å². The van der Waals surface area contributed by atoms with E-state index >= 15 is 0 Å². The second kappa shape index (κ2) is 6.58. The van der Waals surface area contributed by atoms with Crippen molar-refractivity contribution in [3.05, 3.63) is 29.6 Å². The van der Waals surface area contributed by atoms with Crippen molar-refractivity contribution in [3.8, 4) is 0 Å². The molecule has 0 aromatic carbocycles. The summed E-state index contributed by atoms with van der Waals surface area (Å²) in [6.45, 7) is 3.87. The molecule has 0 aliphatic carbocycles. The van der Waals surface area contributed by atoms with Crippen LogP contribution in [0.3, 0.4) is 0 Å². The molecule has 0 spiro atoms. The van der Waals surface area contributed by atoms with Gasteiger partial charge in [0.2, 0.25) is 5.91 Å². The van der Waals surface area contributed by atoms with Gasteiger partial charge in [-0.25, -0.2) is 4.79 Å². The van der Waals surface area contributed by atoms with Crippen molar-refractivity contribution in [1.29, 1.82) is 0 Å². The highest BCUT2D eigenvalue weighted by molar-refractivity contribution is 5.85. The second-order valence-electron chi connectivity index (χ2n) is 3.88. The van der Waals surface area contributed by atoms with Gasteiger partial charge in [-0.1, -0.05) is 0 Å². The van der Waals surface area contributed by atoms with Gasteiger partial charge in [0.1, 0.15) is 6.04 Å². The van der Waals surface area contributed by atoms with Gasteiger partial charge in [0.15, 0.2) is 0 Å². The molecule has 1 heterocycles. The maximum Gasteiger partial charge on any atom is 0.407 e. The number of carbonyl (C=O) groups excluding carboxylic acids is 2. The monoisotopic (exact) mass is 251 g/mol. The molecular weight excluding hydrogens is 234 g/mol. The first kappa shape index (κ1) is 14.0. The number of carbonyl (C=O) groups is 2. The molecule has 6 nitrogen and oxygen atoms in total. The predicted molar refractivity (Wildman–Crippen MR) is 65.8 cm³/mol. The molecule has 1 atom stereocenters. The molecule has 0 aliphatic heterocycles. The number of amides is 2. The van der Waals surface area contributed by atoms with Crippen molar-refractivity contribution in [2.45, 2.75) is 26.4 Å². The Kier molecular flexibility index (Phi) is 5.10. The number of ether oxygens (including phenoxy) is 1. The van der Waals surface area contributed by atoms with Crippen LogP contribution in [0.4, 0.5) is 4.79 Å². The number of rotatable bonds is 4. The van der Waals surface area contributed by atoms with Crippen LogP contribution in [0.1, 0.15) is 18.2 Å². The van der Waals surface area contributed by atoms with Crippen LogP contribution in [-0.2, 0) is 16.1 Å². The Morgan fingerprint density at radius 1 is 1.50 bits per heavy atom. The summed E-state index contributed by atoms with van der Waals surface area (Å²) >= 11 is 0. The Bertz CT molecular complexity index is 434. The summed E-state index contributed by atoms with van der Waals surface area (Å²) in [5, 5.41) is 5.11. The van der Waals surface area contributed by atoms with Gasteiger partial charge in [0.05, 0.1) is 7.11 Å². The van der Waals surface area contributed by atoms with Crippen molar-refractivity contribution in [2.75, 3.05) is 7.11 Å². The number of methoxy groups -OCH3 is 1. The summed E-state index contributed by atoms with van der Waals surface area (Å²) in [5.74, 6) is -0.269. The fourth-order valence-corrected chi connectivity index (χ4v) is 1.36. The van der Waals surface area contributed by atoms with Crippen LogP contribution in [0.2, 0.25) is 0 Å². The molecular formula is C12H17N3O3. The van der Waals surface area contributed by atoms with Gasteiger partial charge in [0.25, 0.3) is 0 Å². The molecule has 0 fully saturated rings. The first-order valence-electron chi connectivity index (χ1n) is 5.56. The maximum absolute atomic E-state index is 11.7. The Balaban J connectivity index is 2.43. The highest BCUT2D eigenvalue weighted by atomic mass is 16.5. The van der Waals surface area contributed by atoms with Crippen molar-refractivity contribution < 1.29 is 14.3 Å². The van der Waals surface area contributed by atoms with E-state index in [0.29, 0.717) is 6.54 Å². The fraction of sp³-hybridized carbons (Fsp3) is 0.417. The third-order valence-electron chi connectivity index (χ3n) is 2.34. The molecule has 1 unspecified atom stereocenters. The number of hydrogen-bond acceptors (Lipinski definition) is 4. The Hall–Kier alpha value is -2.11. The van der Waals surface area contributed by atoms with E-state index in [9.17, 15) is 9.59 Å². The lowest BCUT2D eigenvalue weighted by atomic mass is 10.2. The van der Waals surface area contributed by atoms with Gasteiger partial charge < -0.3 is 15.4 Å². The summed E-state index contributed by atoms with van der Waals surface area (Å²) < 4.78 is 4.41. The van der Waals surface area contributed by atoms with E-state index in [1.165, 1.54) is 7.11 Å². The van der Waals surface area contributed by atoms with E-state index in [0.717, 1.165) is 11.3 Å². The zero-order valence-electron chi connectivity index (χ0n) is 10.7. The maximum atomic E-state index is 11.7. The Labute approximate surface area is 106 Å². The van der Waals surface area contributed by atoms with Crippen LogP contribution in [0.15, 0.2) is 18.3 Å². The van der Waals surface area contributed by atoms with Crippen LogP contribution < -0.4 is 10.6 Å². The number of aryl methyl sites for hydroxylation is 1. The van der Waals surface area contributed by atoms with E-state index in [1.807, 2.05) is 19.1 Å². The average Bonchev–Trinajstić information content (AvgIpc) is 2.35. The van der Waals surface area contributed by atoms with Crippen molar-refractivity contribution in [1.82, 2.24) is 15.6 Å². The molecule has 0 saturated heterocycles. The minimum atomic E-state index is -0.639. The third kappa shape index (κ3) is 4.40. The summed E-state index contributed by atoms with van der Waals surface area (Å²) in [5.41, 5.74) is 1.85. The number of nitrogens with zero attached hydrogens (tertiary/aromatic N) is 1. The van der Waals surface area contributed by atoms with Gasteiger partial charge in [-0.05, 0) is 31.5 Å². The molecule has 1 aromatic heterocycles. The largest absolute Gasteiger partial charge is 0.453 e. The normalized spacial score (nSPS) is 11.5. The molecule has 2 amide bonds. The van der Waals surface area contributed by atoms with E-state index < -0.39 is 12.1 Å². The van der Waals surface area contributed by atoms with Crippen LogP contribution in [0.5, 0.6) is 0 Å². The molecule has 2 N–H and O–H groups in total. The summed E-state index contributed by atoms with van der Waals surface area (Å²) in [6, 6.07) is 3.07. The summed E-state index contributed by atoms with van der Waals surface area (Å²) in [4.78, 5) is 26.6. The standard InChI is InChI=1S/C12H17N3O3/c1-8-6-10(4-5-13-8)7-14-11(16)9(2)15-12(17)18-3/h4-6,9H,7H2,1-3H3,(H,14,16)(H,15,17). The lowest BCUT2D eigenvalue weighted by Crippen LogP contribution is -2.44. The third-order valence-corrected chi connectivity index (χ3v) is 2.34. The molecule has 0 bridgehead atoms. The van der Waals surface area contributed by atoms with Gasteiger partial charge in [0, 0.05) is 18.4 Å². The Morgan fingerprint density at radius 2 is 2.22 bits per heavy atom. The van der Waals surface area contributed by atoms with Crippen LogP contribution >= 0.6 is 0 Å². The first-order valence-corrected chi connectivity index (χ1v) is 5.56. The smallest absolute Gasteiger partial charge is 0.407 e. The van der Waals surface area contributed by atoms with Crippen LogP contribution in [-0.4, -0.2) is 30.1 Å². The number of pyridine rings is 1. The topological polar surface area (TPSA) is 80.3 Å². The van der Waals surface area contributed by atoms with Crippen molar-refractivity contribution in [2.24, 2.45) is 0 Å². The Morgan fingerprint density at radius 3 is 2.83 bits per heavy atom. The minimum Gasteiger partial charge on any atom is -0.453 e. The second-order valence-corrected chi connectivity index (χ2v) is 3.88. The highest BCUT2D eigenvalue weighted by Gasteiger charge is 2.14. The lowest BCUT2D eigenvalue weighted by molar-refractivity contribution is -0.122. The first-order chi connectivity index (χ1) is 8.52. The zero-order chi connectivity index (χ0) is 13.5. The summed E-state index contributed by atoms with van der Waals surface area (Å²) in [7, 11) is 1.25. The zero-order valence-corrected chi connectivity index (χ0v) is 10.7. The van der Waals surface area contributed by atoms with Gasteiger partial charge in [-0.2, -0.15) is 0 Å². The predicted octanol–water partition coefficient (Wildman–Crippen LogP) is 0.751. The molecule has 18 heavy (non-hydrogen) atoms. The quantitative estimate of drug-likeness (QED) is 0.827. The molecule has 0 saturated carbocycles. The highest BCUT2D eigenvalue weighted by Crippen LogP contribution is 2.00. The van der Waals surface area contributed by atoms with E-state index in [2.05, 4.69) is 20.4 Å². The fourth-order valence-electron chi connectivity index (χ4n) is 1.36. The molecule has 0 radical (unpaired) electrons. The number of hydrogen-bond donors (Lipinski definition) is 2. The number of alkyl carbamates (subject to hydrolysis) is 1. The molecule has 0 aliphatic rings. The average molecular weight is 251 g/mol. The number of nitrogens with one attached hydrogen (secondary N) is 2. The van der Waals surface area contributed by atoms with Crippen molar-refractivity contribution in [3.63, 3.8) is 0 Å². The van der Waals surface area contributed by atoms with E-state index in [-0.39, 0.29) is 5.91 Å². The minimum absolute atomic E-state index is 0.269. The van der Waals surface area contributed by atoms with Crippen LogP contribution in [0, 0.1) is 6.92 Å². The molecule has 1 rings (SSSR count). The van der Waals surface area contributed by atoms with Gasteiger partial charge >= 0.3 is 6.09 Å². The van der Waals surface area contributed by atoms with Gasteiger partial charge in [-0.15, -0.1) is 0 Å². The summed E-state index contributed by atoms with van der Waals surface area (Å²) in [6.07, 6.45) is 1.06. The molecule has 6 heteroatoms. The number of aromatic nitrogens is 1. The van der Waals surface area contributed by atoms with Crippen LogP contribution in [0.25, 0.3) is 0 Å². The molecule has 1 aromatic rings. The van der Waals surface area contributed by atoms with E-state index in [1.54, 1.807) is 13.1 Å².